The second-order valence-electron chi connectivity index (χ2n) is 7.04. The van der Waals surface area contributed by atoms with E-state index in [0.29, 0.717) is 0 Å². The summed E-state index contributed by atoms with van der Waals surface area (Å²) < 4.78 is 13.2. The van der Waals surface area contributed by atoms with Crippen LogP contribution in [0.3, 0.4) is 0 Å². The van der Waals surface area contributed by atoms with Gasteiger partial charge in [-0.3, -0.25) is 0 Å². The number of rotatable bonds is 4. The zero-order chi connectivity index (χ0) is 19.0. The van der Waals surface area contributed by atoms with Crippen molar-refractivity contribution in [1.82, 2.24) is 19.8 Å². The first-order valence-corrected chi connectivity index (χ1v) is 9.31. The van der Waals surface area contributed by atoms with E-state index in [0.717, 1.165) is 60.3 Å². The smallest absolute Gasteiger partial charge is 0.181 e. The Morgan fingerprint density at radius 2 is 1.59 bits per heavy atom. The van der Waals surface area contributed by atoms with Crippen LogP contribution < -0.4 is 14.4 Å². The maximum absolute atomic E-state index is 6.14. The zero-order valence-electron chi connectivity index (χ0n) is 16.3. The Bertz CT molecular complexity index is 943. The quantitative estimate of drug-likeness (QED) is 0.706. The number of ether oxygens (including phenoxy) is 2. The molecule has 1 fully saturated rings. The Morgan fingerprint density at radius 1 is 0.926 bits per heavy atom. The van der Waals surface area contributed by atoms with E-state index in [2.05, 4.69) is 28.9 Å². The predicted octanol–water partition coefficient (Wildman–Crippen LogP) is 3.11. The second kappa shape index (κ2) is 7.06. The lowest BCUT2D eigenvalue weighted by Gasteiger charge is -2.33. The van der Waals surface area contributed by atoms with E-state index in [1.165, 1.54) is 5.56 Å². The number of aryl methyl sites for hydroxylation is 2. The van der Waals surface area contributed by atoms with E-state index in [9.17, 15) is 0 Å². The summed E-state index contributed by atoms with van der Waals surface area (Å²) >= 11 is 0. The Morgan fingerprint density at radius 3 is 2.26 bits per heavy atom. The first-order chi connectivity index (χ1) is 13.1. The number of hydrogen-bond donors (Lipinski definition) is 0. The third-order valence-corrected chi connectivity index (χ3v) is 5.33. The molecule has 3 aromatic rings. The van der Waals surface area contributed by atoms with Crippen molar-refractivity contribution in [1.29, 1.82) is 0 Å². The number of nitrogens with zero attached hydrogens (tertiary/aromatic N) is 5. The van der Waals surface area contributed by atoms with Crippen molar-refractivity contribution in [2.75, 3.05) is 25.1 Å². The van der Waals surface area contributed by atoms with Crippen LogP contribution in [-0.2, 0) is 0 Å². The van der Waals surface area contributed by atoms with Gasteiger partial charge in [0.05, 0.1) is 7.11 Å². The van der Waals surface area contributed by atoms with Crippen LogP contribution >= 0.6 is 0 Å². The minimum Gasteiger partial charge on any atom is -0.497 e. The van der Waals surface area contributed by atoms with Gasteiger partial charge in [0.1, 0.15) is 17.6 Å². The molecule has 0 amide bonds. The van der Waals surface area contributed by atoms with Crippen molar-refractivity contribution in [2.45, 2.75) is 39.7 Å². The maximum atomic E-state index is 6.14. The molecule has 4 rings (SSSR count). The van der Waals surface area contributed by atoms with Crippen LogP contribution in [0.2, 0.25) is 0 Å². The summed E-state index contributed by atoms with van der Waals surface area (Å²) in [6.07, 6.45) is 2.15. The third-order valence-electron chi connectivity index (χ3n) is 5.33. The van der Waals surface area contributed by atoms with Crippen LogP contribution in [0.4, 0.5) is 5.82 Å². The molecule has 1 saturated heterocycles. The van der Waals surface area contributed by atoms with Gasteiger partial charge in [-0.25, -0.2) is 0 Å². The average Bonchev–Trinajstić information content (AvgIpc) is 3.07. The fraction of sp³-hybridized carbons (Fsp3) is 0.450. The molecule has 0 radical (unpaired) electrons. The highest BCUT2D eigenvalue weighted by Gasteiger charge is 2.24. The molecule has 0 unspecified atom stereocenters. The summed E-state index contributed by atoms with van der Waals surface area (Å²) in [7, 11) is 1.67. The molecule has 0 aliphatic carbocycles. The summed E-state index contributed by atoms with van der Waals surface area (Å²) in [5.74, 6) is 3.56. The molecule has 0 spiro atoms. The first kappa shape index (κ1) is 17.6. The normalized spacial score (nSPS) is 15.3. The molecule has 1 aliphatic rings. The SMILES string of the molecule is COc1ccc(OC2CCN(c3nn4c(C)nnc4c(C)c3C)CC2)cc1. The lowest BCUT2D eigenvalue weighted by molar-refractivity contribution is 0.170. The van der Waals surface area contributed by atoms with E-state index in [4.69, 9.17) is 14.6 Å². The minimum atomic E-state index is 0.219. The number of anilines is 1. The van der Waals surface area contributed by atoms with Crippen LogP contribution in [0, 0.1) is 20.8 Å². The topological polar surface area (TPSA) is 64.8 Å². The van der Waals surface area contributed by atoms with E-state index >= 15 is 0 Å². The molecule has 0 atom stereocenters. The Kier molecular flexibility index (Phi) is 4.59. The third kappa shape index (κ3) is 3.29. The van der Waals surface area contributed by atoms with Crippen molar-refractivity contribution >= 4 is 11.5 Å². The van der Waals surface area contributed by atoms with Crippen molar-refractivity contribution < 1.29 is 9.47 Å². The molecule has 7 heteroatoms. The monoisotopic (exact) mass is 367 g/mol. The van der Waals surface area contributed by atoms with Gasteiger partial charge in [0.15, 0.2) is 17.3 Å². The van der Waals surface area contributed by atoms with Gasteiger partial charge >= 0.3 is 0 Å². The van der Waals surface area contributed by atoms with Crippen LogP contribution in [-0.4, -0.2) is 46.1 Å². The summed E-state index contributed by atoms with van der Waals surface area (Å²) in [4.78, 5) is 2.34. The molecule has 0 saturated carbocycles. The summed E-state index contributed by atoms with van der Waals surface area (Å²) in [5.41, 5.74) is 3.15. The molecule has 2 aromatic heterocycles. The molecule has 27 heavy (non-hydrogen) atoms. The van der Waals surface area contributed by atoms with E-state index in [1.54, 1.807) is 7.11 Å². The standard InChI is InChI=1S/C20H25N5O2/c1-13-14(2)20(23-25-15(3)21-22-19(13)25)24-11-9-18(10-12-24)27-17-7-5-16(26-4)6-8-17/h5-8,18H,9-12H2,1-4H3. The zero-order valence-corrected chi connectivity index (χ0v) is 16.3. The van der Waals surface area contributed by atoms with Crippen molar-refractivity contribution in [3.8, 4) is 11.5 Å². The lowest BCUT2D eigenvalue weighted by Crippen LogP contribution is -2.39. The van der Waals surface area contributed by atoms with Crippen LogP contribution in [0.5, 0.6) is 11.5 Å². The van der Waals surface area contributed by atoms with E-state index in [-0.39, 0.29) is 6.10 Å². The molecule has 7 nitrogen and oxygen atoms in total. The Hall–Kier alpha value is -2.83. The molecule has 1 aromatic carbocycles. The van der Waals surface area contributed by atoms with Crippen molar-refractivity contribution in [2.24, 2.45) is 0 Å². The van der Waals surface area contributed by atoms with Gasteiger partial charge in [-0.1, -0.05) is 0 Å². The molecule has 3 heterocycles. The summed E-state index contributed by atoms with van der Waals surface area (Å²) in [6, 6.07) is 7.78. The largest absolute Gasteiger partial charge is 0.497 e. The summed E-state index contributed by atoms with van der Waals surface area (Å²) in [6.45, 7) is 7.97. The average molecular weight is 367 g/mol. The molecular formula is C20H25N5O2. The number of fused-ring (bicyclic) bond motifs is 1. The Balaban J connectivity index is 1.46. The van der Waals surface area contributed by atoms with Crippen LogP contribution in [0.15, 0.2) is 24.3 Å². The summed E-state index contributed by atoms with van der Waals surface area (Å²) in [5, 5.41) is 13.2. The van der Waals surface area contributed by atoms with Gasteiger partial charge in [0.25, 0.3) is 0 Å². The Labute approximate surface area is 158 Å². The van der Waals surface area contributed by atoms with Crippen molar-refractivity contribution in [3.63, 3.8) is 0 Å². The van der Waals surface area contributed by atoms with E-state index in [1.807, 2.05) is 35.7 Å². The highest BCUT2D eigenvalue weighted by atomic mass is 16.5. The number of benzene rings is 1. The fourth-order valence-corrected chi connectivity index (χ4v) is 3.55. The highest BCUT2D eigenvalue weighted by Crippen LogP contribution is 2.27. The molecule has 142 valence electrons. The molecular weight excluding hydrogens is 342 g/mol. The number of hydrogen-bond acceptors (Lipinski definition) is 6. The number of aromatic nitrogens is 4. The molecule has 0 bridgehead atoms. The second-order valence-corrected chi connectivity index (χ2v) is 7.04. The van der Waals surface area contributed by atoms with Gasteiger partial charge in [-0.2, -0.15) is 4.52 Å². The fourth-order valence-electron chi connectivity index (χ4n) is 3.55. The van der Waals surface area contributed by atoms with E-state index < -0.39 is 0 Å². The number of piperidine rings is 1. The minimum absolute atomic E-state index is 0.219. The lowest BCUT2D eigenvalue weighted by atomic mass is 10.1. The molecule has 0 N–H and O–H groups in total. The van der Waals surface area contributed by atoms with Crippen LogP contribution in [0.1, 0.15) is 29.8 Å². The van der Waals surface area contributed by atoms with Gasteiger partial charge in [-0.05, 0) is 45.0 Å². The maximum Gasteiger partial charge on any atom is 0.181 e. The molecule has 1 aliphatic heterocycles. The van der Waals surface area contributed by atoms with Crippen LogP contribution in [0.25, 0.3) is 5.65 Å². The first-order valence-electron chi connectivity index (χ1n) is 9.31. The number of methoxy groups -OCH3 is 1. The van der Waals surface area contributed by atoms with Gasteiger partial charge in [-0.15, -0.1) is 15.3 Å². The van der Waals surface area contributed by atoms with Gasteiger partial charge in [0, 0.05) is 37.1 Å². The van der Waals surface area contributed by atoms with Gasteiger partial charge in [0.2, 0.25) is 0 Å². The van der Waals surface area contributed by atoms with Gasteiger partial charge < -0.3 is 14.4 Å². The highest BCUT2D eigenvalue weighted by molar-refractivity contribution is 5.59. The predicted molar refractivity (Wildman–Crippen MR) is 104 cm³/mol. The van der Waals surface area contributed by atoms with Crippen molar-refractivity contribution in [3.05, 3.63) is 41.2 Å².